The average molecular weight is 389 g/mol. The predicted molar refractivity (Wildman–Crippen MR) is 99.6 cm³/mol. The molecule has 1 aromatic heterocycles. The Bertz CT molecular complexity index is 972. The van der Waals surface area contributed by atoms with Crippen LogP contribution in [0.4, 0.5) is 5.69 Å². The van der Waals surface area contributed by atoms with E-state index in [0.29, 0.717) is 21.6 Å². The second-order valence-corrected chi connectivity index (χ2v) is 6.71. The summed E-state index contributed by atoms with van der Waals surface area (Å²) in [4.78, 5) is 22.4. The number of hydrogen-bond acceptors (Lipinski definition) is 6. The van der Waals surface area contributed by atoms with Gasteiger partial charge >= 0.3 is 0 Å². The summed E-state index contributed by atoms with van der Waals surface area (Å²) in [5.74, 6) is 0.611. The van der Waals surface area contributed by atoms with Crippen molar-refractivity contribution in [3.05, 3.63) is 69.2 Å². The number of thioether (sulfide) groups is 1. The number of carbonyl (C=O) groups excluding carboxylic acids is 1. The van der Waals surface area contributed by atoms with Crippen molar-refractivity contribution >= 4 is 34.8 Å². The molecule has 0 amide bonds. The second kappa shape index (κ2) is 7.67. The molecular weight excluding hydrogens is 376 g/mol. The summed E-state index contributed by atoms with van der Waals surface area (Å²) in [6.07, 6.45) is 0. The van der Waals surface area contributed by atoms with Gasteiger partial charge in [0.25, 0.3) is 5.69 Å². The fourth-order valence-corrected chi connectivity index (χ4v) is 3.33. The molecule has 7 nitrogen and oxygen atoms in total. The highest BCUT2D eigenvalue weighted by atomic mass is 35.5. The van der Waals surface area contributed by atoms with Gasteiger partial charge in [0.05, 0.1) is 15.7 Å². The van der Waals surface area contributed by atoms with E-state index in [1.54, 1.807) is 17.7 Å². The van der Waals surface area contributed by atoms with Gasteiger partial charge < -0.3 is 4.57 Å². The van der Waals surface area contributed by atoms with Gasteiger partial charge in [0, 0.05) is 30.3 Å². The molecule has 26 heavy (non-hydrogen) atoms. The standard InChI is InChI=1S/C17H13ClN4O3S/c1-21-16(13-4-2-3-5-14(13)18)19-20-17(21)26-10-15(23)11-6-8-12(9-7-11)22(24)25/h2-9H,10H2,1H3. The molecule has 0 saturated heterocycles. The van der Waals surface area contributed by atoms with E-state index in [1.165, 1.54) is 36.0 Å². The predicted octanol–water partition coefficient (Wildman–Crippen LogP) is 4.02. The summed E-state index contributed by atoms with van der Waals surface area (Å²) < 4.78 is 1.77. The largest absolute Gasteiger partial charge is 0.305 e. The van der Waals surface area contributed by atoms with E-state index in [4.69, 9.17) is 11.6 Å². The van der Waals surface area contributed by atoms with Gasteiger partial charge in [-0.15, -0.1) is 10.2 Å². The molecule has 3 rings (SSSR count). The molecule has 0 radical (unpaired) electrons. The van der Waals surface area contributed by atoms with Crippen LogP contribution in [0.15, 0.2) is 53.7 Å². The summed E-state index contributed by atoms with van der Waals surface area (Å²) >= 11 is 7.44. The molecule has 0 saturated carbocycles. The molecule has 132 valence electrons. The maximum atomic E-state index is 12.3. The third-order valence-corrected chi connectivity index (χ3v) is 5.03. The smallest absolute Gasteiger partial charge is 0.269 e. The van der Waals surface area contributed by atoms with E-state index in [0.717, 1.165) is 5.56 Å². The highest BCUT2D eigenvalue weighted by Crippen LogP contribution is 2.28. The van der Waals surface area contributed by atoms with Crippen LogP contribution in [0.5, 0.6) is 0 Å². The summed E-state index contributed by atoms with van der Waals surface area (Å²) in [7, 11) is 1.80. The lowest BCUT2D eigenvalue weighted by Crippen LogP contribution is -2.04. The molecular formula is C17H13ClN4O3S. The van der Waals surface area contributed by atoms with Crippen molar-refractivity contribution in [2.75, 3.05) is 5.75 Å². The van der Waals surface area contributed by atoms with Crippen molar-refractivity contribution in [2.24, 2.45) is 7.05 Å². The molecule has 0 aliphatic rings. The van der Waals surface area contributed by atoms with Crippen molar-refractivity contribution in [3.8, 4) is 11.4 Å². The van der Waals surface area contributed by atoms with Crippen molar-refractivity contribution in [1.82, 2.24) is 14.8 Å². The van der Waals surface area contributed by atoms with E-state index < -0.39 is 4.92 Å². The van der Waals surface area contributed by atoms with Gasteiger partial charge in [-0.25, -0.2) is 0 Å². The zero-order valence-electron chi connectivity index (χ0n) is 13.6. The Morgan fingerprint density at radius 3 is 2.54 bits per heavy atom. The van der Waals surface area contributed by atoms with Crippen LogP contribution in [-0.4, -0.2) is 31.2 Å². The number of Topliss-reactive ketones (excluding diaryl/α,β-unsaturated/α-hetero) is 1. The van der Waals surface area contributed by atoms with Crippen LogP contribution in [0.25, 0.3) is 11.4 Å². The zero-order valence-corrected chi connectivity index (χ0v) is 15.2. The van der Waals surface area contributed by atoms with E-state index in [9.17, 15) is 14.9 Å². The topological polar surface area (TPSA) is 90.9 Å². The van der Waals surface area contributed by atoms with E-state index in [2.05, 4.69) is 10.2 Å². The van der Waals surface area contributed by atoms with Gasteiger partial charge in [-0.05, 0) is 24.3 Å². The lowest BCUT2D eigenvalue weighted by atomic mass is 10.1. The van der Waals surface area contributed by atoms with Gasteiger partial charge in [-0.2, -0.15) is 0 Å². The van der Waals surface area contributed by atoms with Crippen LogP contribution in [0, 0.1) is 10.1 Å². The Labute approximate surface area is 158 Å². The van der Waals surface area contributed by atoms with E-state index >= 15 is 0 Å². The average Bonchev–Trinajstić information content (AvgIpc) is 3.00. The number of ketones is 1. The molecule has 0 aliphatic carbocycles. The lowest BCUT2D eigenvalue weighted by molar-refractivity contribution is -0.384. The highest BCUT2D eigenvalue weighted by Gasteiger charge is 2.16. The van der Waals surface area contributed by atoms with Crippen LogP contribution in [0.3, 0.4) is 0 Å². The van der Waals surface area contributed by atoms with Gasteiger partial charge in [0.2, 0.25) is 0 Å². The summed E-state index contributed by atoms with van der Waals surface area (Å²) in [6.45, 7) is 0. The first-order chi connectivity index (χ1) is 12.5. The minimum Gasteiger partial charge on any atom is -0.305 e. The van der Waals surface area contributed by atoms with Crippen molar-refractivity contribution in [1.29, 1.82) is 0 Å². The molecule has 0 unspecified atom stereocenters. The number of hydrogen-bond donors (Lipinski definition) is 0. The van der Waals surface area contributed by atoms with Crippen LogP contribution in [0.2, 0.25) is 5.02 Å². The molecule has 0 aliphatic heterocycles. The maximum absolute atomic E-state index is 12.3. The Morgan fingerprint density at radius 1 is 1.19 bits per heavy atom. The third-order valence-electron chi connectivity index (χ3n) is 3.68. The number of aromatic nitrogens is 3. The number of non-ortho nitro benzene ring substituents is 1. The van der Waals surface area contributed by atoms with Crippen molar-refractivity contribution < 1.29 is 9.72 Å². The number of nitrogens with zero attached hydrogens (tertiary/aromatic N) is 4. The van der Waals surface area contributed by atoms with Gasteiger partial charge in [0.15, 0.2) is 16.8 Å². The number of nitro groups is 1. The van der Waals surface area contributed by atoms with Gasteiger partial charge in [-0.1, -0.05) is 35.5 Å². The Hall–Kier alpha value is -2.71. The number of halogens is 1. The maximum Gasteiger partial charge on any atom is 0.269 e. The first-order valence-corrected chi connectivity index (χ1v) is 8.88. The number of carbonyl (C=O) groups is 1. The van der Waals surface area contributed by atoms with E-state index in [-0.39, 0.29) is 17.2 Å². The molecule has 9 heteroatoms. The third kappa shape index (κ3) is 3.76. The fourth-order valence-electron chi connectivity index (χ4n) is 2.30. The Kier molecular flexibility index (Phi) is 5.34. The molecule has 0 fully saturated rings. The molecule has 1 heterocycles. The molecule has 3 aromatic rings. The van der Waals surface area contributed by atoms with Gasteiger partial charge in [0.1, 0.15) is 0 Å². The number of nitro benzene ring substituents is 1. The Morgan fingerprint density at radius 2 is 1.88 bits per heavy atom. The van der Waals surface area contributed by atoms with Crippen LogP contribution < -0.4 is 0 Å². The minimum atomic E-state index is -0.501. The SMILES string of the molecule is Cn1c(SCC(=O)c2ccc([N+](=O)[O-])cc2)nnc1-c1ccccc1Cl. The van der Waals surface area contributed by atoms with Crippen molar-refractivity contribution in [3.63, 3.8) is 0 Å². The van der Waals surface area contributed by atoms with Crippen LogP contribution in [0.1, 0.15) is 10.4 Å². The molecule has 0 spiro atoms. The van der Waals surface area contributed by atoms with Crippen LogP contribution >= 0.6 is 23.4 Å². The first-order valence-electron chi connectivity index (χ1n) is 7.52. The quantitative estimate of drug-likeness (QED) is 0.274. The fraction of sp³-hybridized carbons (Fsp3) is 0.118. The first kappa shape index (κ1) is 18.1. The van der Waals surface area contributed by atoms with Crippen molar-refractivity contribution in [2.45, 2.75) is 5.16 Å². The lowest BCUT2D eigenvalue weighted by Gasteiger charge is -2.05. The highest BCUT2D eigenvalue weighted by molar-refractivity contribution is 7.99. The van der Waals surface area contributed by atoms with E-state index in [1.807, 2.05) is 18.2 Å². The summed E-state index contributed by atoms with van der Waals surface area (Å²) in [5.41, 5.74) is 1.13. The molecule has 0 atom stereocenters. The molecule has 0 bridgehead atoms. The number of rotatable bonds is 6. The summed E-state index contributed by atoms with van der Waals surface area (Å²) in [6, 6.07) is 12.9. The molecule has 0 N–H and O–H groups in total. The zero-order chi connectivity index (χ0) is 18.7. The normalized spacial score (nSPS) is 10.7. The summed E-state index contributed by atoms with van der Waals surface area (Å²) in [5, 5.41) is 20.1. The van der Waals surface area contributed by atoms with Crippen LogP contribution in [-0.2, 0) is 7.05 Å². The second-order valence-electron chi connectivity index (χ2n) is 5.36. The number of benzene rings is 2. The Balaban J connectivity index is 1.71. The monoisotopic (exact) mass is 388 g/mol. The van der Waals surface area contributed by atoms with Gasteiger partial charge in [-0.3, -0.25) is 14.9 Å². The minimum absolute atomic E-state index is 0.0492. The molecule has 2 aromatic carbocycles.